The van der Waals surface area contributed by atoms with E-state index < -0.39 is 5.91 Å². The van der Waals surface area contributed by atoms with Gasteiger partial charge in [0.05, 0.1) is 0 Å². The summed E-state index contributed by atoms with van der Waals surface area (Å²) in [5.74, 6) is -0.512. The third kappa shape index (κ3) is 3.10. The number of nitrogens with one attached hydrogen (secondary N) is 1. The quantitative estimate of drug-likeness (QED) is 0.526. The smallest absolute Gasteiger partial charge is 0.274 e. The molecule has 0 saturated heterocycles. The van der Waals surface area contributed by atoms with E-state index in [-0.39, 0.29) is 0 Å². The van der Waals surface area contributed by atoms with Crippen LogP contribution in [0.3, 0.4) is 0 Å². The van der Waals surface area contributed by atoms with E-state index in [9.17, 15) is 4.79 Å². The van der Waals surface area contributed by atoms with E-state index in [1.165, 1.54) is 16.1 Å². The lowest BCUT2D eigenvalue weighted by atomic mass is 10.2. The molecule has 0 atom stereocenters. The number of amides is 1. The maximum absolute atomic E-state index is 11.5. The average molecular weight is 388 g/mol. The number of rotatable bonds is 3. The number of benzene rings is 2. The van der Waals surface area contributed by atoms with Gasteiger partial charge in [-0.1, -0.05) is 23.4 Å². The second kappa shape index (κ2) is 6.96. The van der Waals surface area contributed by atoms with Gasteiger partial charge in [-0.15, -0.1) is 0 Å². The number of hydroxylamine groups is 1. The predicted octanol–water partition coefficient (Wildman–Crippen LogP) is 4.01. The van der Waals surface area contributed by atoms with Crippen molar-refractivity contribution in [1.29, 1.82) is 0 Å². The number of fused-ring (bicyclic) bond motifs is 3. The normalized spacial score (nSPS) is 14.4. The Kier molecular flexibility index (Phi) is 4.67. The van der Waals surface area contributed by atoms with Crippen LogP contribution < -0.4 is 5.48 Å². The van der Waals surface area contributed by atoms with Crippen molar-refractivity contribution in [3.8, 4) is 0 Å². The lowest BCUT2D eigenvalue weighted by molar-refractivity contribution is 0.0706. The largest absolute Gasteiger partial charge is 0.341 e. The Morgan fingerprint density at radius 3 is 2.69 bits per heavy atom. The van der Waals surface area contributed by atoms with Gasteiger partial charge in [0.15, 0.2) is 0 Å². The van der Waals surface area contributed by atoms with Crippen LogP contribution in [-0.2, 0) is 13.1 Å². The van der Waals surface area contributed by atoms with Crippen molar-refractivity contribution in [2.45, 2.75) is 22.9 Å². The number of hydrogen-bond acceptors (Lipinski definition) is 4. The SMILES string of the molecule is CN1CCn2c(c(Sc3ccc(C(=O)NO)cc3)c3cc(Cl)ccc32)C1. The number of carbonyl (C=O) groups excluding carboxylic acids is 1. The Bertz CT molecular complexity index is 985. The molecule has 5 nitrogen and oxygen atoms in total. The number of carbonyl (C=O) groups is 1. The molecule has 0 bridgehead atoms. The molecule has 7 heteroatoms. The monoisotopic (exact) mass is 387 g/mol. The van der Waals surface area contributed by atoms with Crippen LogP contribution in [0.4, 0.5) is 0 Å². The number of likely N-dealkylation sites (N-methyl/N-ethyl adjacent to an activating group) is 1. The summed E-state index contributed by atoms with van der Waals surface area (Å²) >= 11 is 7.94. The van der Waals surface area contributed by atoms with Gasteiger partial charge in [0.25, 0.3) is 5.91 Å². The first kappa shape index (κ1) is 17.4. The molecular weight excluding hydrogens is 370 g/mol. The molecule has 134 valence electrons. The lowest BCUT2D eigenvalue weighted by Crippen LogP contribution is -2.30. The van der Waals surface area contributed by atoms with Gasteiger partial charge in [-0.3, -0.25) is 14.9 Å². The topological polar surface area (TPSA) is 57.5 Å². The molecule has 0 unspecified atom stereocenters. The summed E-state index contributed by atoms with van der Waals surface area (Å²) in [6.45, 7) is 2.87. The first-order valence-electron chi connectivity index (χ1n) is 8.28. The minimum atomic E-state index is -0.512. The molecule has 26 heavy (non-hydrogen) atoms. The minimum absolute atomic E-state index is 0.420. The van der Waals surface area contributed by atoms with Crippen molar-refractivity contribution in [2.75, 3.05) is 13.6 Å². The van der Waals surface area contributed by atoms with E-state index in [1.807, 2.05) is 24.3 Å². The van der Waals surface area contributed by atoms with Crippen LogP contribution in [-0.4, -0.2) is 34.2 Å². The molecule has 3 aromatic rings. The van der Waals surface area contributed by atoms with E-state index in [0.717, 1.165) is 34.9 Å². The van der Waals surface area contributed by atoms with Crippen molar-refractivity contribution >= 4 is 40.2 Å². The standard InChI is InChI=1S/C19H18ClN3O2S/c1-22-8-9-23-16-7-4-13(20)10-15(16)18(17(23)11-22)26-14-5-2-12(3-6-14)19(24)21-25/h2-7,10,25H,8-9,11H2,1H3,(H,21,24). The molecular formula is C19H18ClN3O2S. The van der Waals surface area contributed by atoms with Crippen LogP contribution in [0.1, 0.15) is 16.1 Å². The molecule has 2 N–H and O–H groups in total. The molecule has 1 aliphatic heterocycles. The van der Waals surface area contributed by atoms with Gasteiger partial charge < -0.3 is 4.57 Å². The molecule has 0 radical (unpaired) electrons. The number of halogens is 1. The predicted molar refractivity (Wildman–Crippen MR) is 103 cm³/mol. The van der Waals surface area contributed by atoms with Crippen LogP contribution in [0.25, 0.3) is 10.9 Å². The fraction of sp³-hybridized carbons (Fsp3) is 0.211. The molecule has 4 rings (SSSR count). The molecule has 2 aromatic carbocycles. The lowest BCUT2D eigenvalue weighted by Gasteiger charge is -2.26. The summed E-state index contributed by atoms with van der Waals surface area (Å²) in [7, 11) is 2.13. The highest BCUT2D eigenvalue weighted by atomic mass is 35.5. The zero-order valence-corrected chi connectivity index (χ0v) is 15.8. The van der Waals surface area contributed by atoms with E-state index >= 15 is 0 Å². The summed E-state index contributed by atoms with van der Waals surface area (Å²) in [5, 5.41) is 10.6. The third-order valence-corrected chi connectivity index (χ3v) is 6.05. The number of hydrogen-bond donors (Lipinski definition) is 2. The summed E-state index contributed by atoms with van der Waals surface area (Å²) in [5.41, 5.74) is 4.57. The molecule has 1 aromatic heterocycles. The van der Waals surface area contributed by atoms with Gasteiger partial charge in [0.1, 0.15) is 0 Å². The third-order valence-electron chi connectivity index (χ3n) is 4.64. The van der Waals surface area contributed by atoms with Crippen molar-refractivity contribution in [2.24, 2.45) is 0 Å². The minimum Gasteiger partial charge on any atom is -0.341 e. The van der Waals surface area contributed by atoms with Crippen molar-refractivity contribution in [3.63, 3.8) is 0 Å². The van der Waals surface area contributed by atoms with Crippen LogP contribution >= 0.6 is 23.4 Å². The number of aromatic nitrogens is 1. The summed E-state index contributed by atoms with van der Waals surface area (Å²) < 4.78 is 2.38. The van der Waals surface area contributed by atoms with Crippen LogP contribution in [0.2, 0.25) is 5.02 Å². The van der Waals surface area contributed by atoms with Crippen molar-refractivity contribution < 1.29 is 10.0 Å². The Balaban J connectivity index is 1.77. The second-order valence-electron chi connectivity index (χ2n) is 6.39. The summed E-state index contributed by atoms with van der Waals surface area (Å²) in [6.07, 6.45) is 0. The molecule has 1 aliphatic rings. The van der Waals surface area contributed by atoms with Crippen molar-refractivity contribution in [3.05, 3.63) is 58.7 Å². The van der Waals surface area contributed by atoms with Gasteiger partial charge in [-0.2, -0.15) is 0 Å². The highest BCUT2D eigenvalue weighted by molar-refractivity contribution is 7.99. The van der Waals surface area contributed by atoms with Crippen molar-refractivity contribution in [1.82, 2.24) is 14.9 Å². The van der Waals surface area contributed by atoms with E-state index in [1.54, 1.807) is 29.4 Å². The molecule has 2 heterocycles. The van der Waals surface area contributed by atoms with E-state index in [0.29, 0.717) is 5.56 Å². The Morgan fingerprint density at radius 1 is 1.19 bits per heavy atom. The molecule has 0 aliphatic carbocycles. The van der Waals surface area contributed by atoms with Gasteiger partial charge in [0, 0.05) is 56.6 Å². The molecule has 0 saturated carbocycles. The summed E-state index contributed by atoms with van der Waals surface area (Å²) in [4.78, 5) is 16.0. The van der Waals surface area contributed by atoms with E-state index in [4.69, 9.17) is 16.8 Å². The summed E-state index contributed by atoms with van der Waals surface area (Å²) in [6, 6.07) is 13.2. The van der Waals surface area contributed by atoms with Gasteiger partial charge in [0.2, 0.25) is 0 Å². The average Bonchev–Trinajstić information content (AvgIpc) is 2.94. The zero-order chi connectivity index (χ0) is 18.3. The fourth-order valence-electron chi connectivity index (χ4n) is 3.34. The maximum Gasteiger partial charge on any atom is 0.274 e. The van der Waals surface area contributed by atoms with Crippen LogP contribution in [0.5, 0.6) is 0 Å². The zero-order valence-electron chi connectivity index (χ0n) is 14.2. The molecule has 1 amide bonds. The van der Waals surface area contributed by atoms with Gasteiger partial charge in [-0.05, 0) is 49.5 Å². The molecule has 0 fully saturated rings. The van der Waals surface area contributed by atoms with Gasteiger partial charge in [-0.25, -0.2) is 5.48 Å². The Hall–Kier alpha value is -1.99. The Morgan fingerprint density at radius 2 is 1.96 bits per heavy atom. The molecule has 0 spiro atoms. The fourth-order valence-corrected chi connectivity index (χ4v) is 4.58. The highest BCUT2D eigenvalue weighted by Crippen LogP contribution is 2.41. The second-order valence-corrected chi connectivity index (χ2v) is 7.91. The maximum atomic E-state index is 11.5. The van der Waals surface area contributed by atoms with Crippen LogP contribution in [0, 0.1) is 0 Å². The van der Waals surface area contributed by atoms with Crippen LogP contribution in [0.15, 0.2) is 52.3 Å². The number of nitrogens with zero attached hydrogens (tertiary/aromatic N) is 2. The Labute approximate surface area is 160 Å². The first-order valence-corrected chi connectivity index (χ1v) is 9.48. The first-order chi connectivity index (χ1) is 12.6. The van der Waals surface area contributed by atoms with Gasteiger partial charge >= 0.3 is 0 Å². The van der Waals surface area contributed by atoms with E-state index in [2.05, 4.69) is 22.6 Å². The highest BCUT2D eigenvalue weighted by Gasteiger charge is 2.23.